The summed E-state index contributed by atoms with van der Waals surface area (Å²) in [4.78, 5) is 16.2. The Morgan fingerprint density at radius 1 is 1.50 bits per heavy atom. The van der Waals surface area contributed by atoms with Gasteiger partial charge in [0.15, 0.2) is 0 Å². The third-order valence-corrected chi connectivity index (χ3v) is 3.65. The Labute approximate surface area is 97.1 Å². The number of rotatable bonds is 4. The number of hydrogen-bond donors (Lipinski definition) is 1. The van der Waals surface area contributed by atoms with Crippen molar-refractivity contribution in [3.63, 3.8) is 0 Å². The molecule has 0 spiro atoms. The first kappa shape index (κ1) is 11.6. The van der Waals surface area contributed by atoms with Crippen LogP contribution in [0.1, 0.15) is 12.8 Å². The van der Waals surface area contributed by atoms with E-state index < -0.39 is 0 Å². The molecule has 2 atom stereocenters. The van der Waals surface area contributed by atoms with E-state index in [2.05, 4.69) is 11.5 Å². The lowest BCUT2D eigenvalue weighted by molar-refractivity contribution is -0.129. The first-order valence-corrected chi connectivity index (χ1v) is 6.07. The maximum absolute atomic E-state index is 11.8. The minimum absolute atomic E-state index is 0.293. The van der Waals surface area contributed by atoms with Gasteiger partial charge in [-0.1, -0.05) is 6.08 Å². The molecule has 16 heavy (non-hydrogen) atoms. The van der Waals surface area contributed by atoms with Crippen molar-refractivity contribution in [2.45, 2.75) is 18.9 Å². The minimum Gasteiger partial charge on any atom is -0.338 e. The fourth-order valence-electron chi connectivity index (χ4n) is 2.73. The summed E-state index contributed by atoms with van der Waals surface area (Å²) in [6, 6.07) is 0.406. The molecule has 2 saturated heterocycles. The molecular weight excluding hydrogens is 202 g/mol. The van der Waals surface area contributed by atoms with Crippen molar-refractivity contribution in [3.05, 3.63) is 12.7 Å². The maximum Gasteiger partial charge on any atom is 0.223 e. The van der Waals surface area contributed by atoms with Crippen molar-refractivity contribution < 1.29 is 4.79 Å². The van der Waals surface area contributed by atoms with Crippen molar-refractivity contribution in [1.29, 1.82) is 0 Å². The second-order valence-corrected chi connectivity index (χ2v) is 4.84. The summed E-state index contributed by atoms with van der Waals surface area (Å²) >= 11 is 0. The van der Waals surface area contributed by atoms with Gasteiger partial charge >= 0.3 is 0 Å². The van der Waals surface area contributed by atoms with Crippen LogP contribution in [0.3, 0.4) is 0 Å². The molecule has 4 nitrogen and oxygen atoms in total. The molecule has 2 unspecified atom stereocenters. The summed E-state index contributed by atoms with van der Waals surface area (Å²) < 4.78 is 0. The zero-order chi connectivity index (χ0) is 11.5. The second kappa shape index (κ2) is 4.97. The third kappa shape index (κ3) is 2.28. The van der Waals surface area contributed by atoms with E-state index in [-0.39, 0.29) is 0 Å². The fraction of sp³-hybridized carbons (Fsp3) is 0.750. The van der Waals surface area contributed by atoms with Crippen molar-refractivity contribution in [2.75, 3.05) is 32.7 Å². The predicted molar refractivity (Wildman–Crippen MR) is 63.9 cm³/mol. The Bertz CT molecular complexity index is 279. The first-order valence-electron chi connectivity index (χ1n) is 6.07. The van der Waals surface area contributed by atoms with Gasteiger partial charge in [-0.3, -0.25) is 9.69 Å². The summed E-state index contributed by atoms with van der Waals surface area (Å²) in [7, 11) is 0. The SMILES string of the molecule is C=CCN1CCC(N2CC(CN)CC2=O)C1. The first-order chi connectivity index (χ1) is 7.74. The lowest BCUT2D eigenvalue weighted by Gasteiger charge is -2.24. The average Bonchev–Trinajstić information content (AvgIpc) is 2.85. The molecule has 0 aromatic rings. The molecule has 2 aliphatic heterocycles. The number of carbonyl (C=O) groups excluding carboxylic acids is 1. The number of carbonyl (C=O) groups is 1. The van der Waals surface area contributed by atoms with Crippen molar-refractivity contribution in [3.8, 4) is 0 Å². The van der Waals surface area contributed by atoms with Gasteiger partial charge in [0.1, 0.15) is 0 Å². The lowest BCUT2D eigenvalue weighted by Crippen LogP contribution is -2.39. The summed E-state index contributed by atoms with van der Waals surface area (Å²) in [6.07, 6.45) is 3.67. The lowest BCUT2D eigenvalue weighted by atomic mass is 10.1. The minimum atomic E-state index is 0.293. The van der Waals surface area contributed by atoms with Crippen LogP contribution in [0.4, 0.5) is 0 Å². The van der Waals surface area contributed by atoms with Crippen LogP contribution < -0.4 is 5.73 Å². The summed E-state index contributed by atoms with van der Waals surface area (Å²) in [5, 5.41) is 0. The third-order valence-electron chi connectivity index (χ3n) is 3.65. The van der Waals surface area contributed by atoms with Crippen LogP contribution in [0.25, 0.3) is 0 Å². The van der Waals surface area contributed by atoms with E-state index in [1.165, 1.54) is 0 Å². The van der Waals surface area contributed by atoms with Crippen LogP contribution in [0, 0.1) is 5.92 Å². The van der Waals surface area contributed by atoms with Crippen molar-refractivity contribution >= 4 is 5.91 Å². The topological polar surface area (TPSA) is 49.6 Å². The normalized spacial score (nSPS) is 31.3. The van der Waals surface area contributed by atoms with Gasteiger partial charge in [0.2, 0.25) is 5.91 Å². The molecule has 0 bridgehead atoms. The Balaban J connectivity index is 1.89. The van der Waals surface area contributed by atoms with E-state index in [4.69, 9.17) is 5.73 Å². The summed E-state index contributed by atoms with van der Waals surface area (Å²) in [5.41, 5.74) is 5.63. The molecule has 2 N–H and O–H groups in total. The number of amides is 1. The van der Waals surface area contributed by atoms with Crippen molar-refractivity contribution in [1.82, 2.24) is 9.80 Å². The highest BCUT2D eigenvalue weighted by Gasteiger charge is 2.36. The average molecular weight is 223 g/mol. The van der Waals surface area contributed by atoms with Crippen LogP contribution in [0.15, 0.2) is 12.7 Å². The van der Waals surface area contributed by atoms with Crippen LogP contribution in [-0.4, -0.2) is 54.5 Å². The van der Waals surface area contributed by atoms with Gasteiger partial charge in [0.05, 0.1) is 0 Å². The number of likely N-dealkylation sites (tertiary alicyclic amines) is 2. The standard InChI is InChI=1S/C12H21N3O/c1-2-4-14-5-3-11(9-14)15-8-10(7-13)6-12(15)16/h2,10-11H,1,3-9,13H2. The van der Waals surface area contributed by atoms with E-state index in [9.17, 15) is 4.79 Å². The molecule has 0 aliphatic carbocycles. The van der Waals surface area contributed by atoms with E-state index in [0.29, 0.717) is 30.8 Å². The highest BCUT2D eigenvalue weighted by atomic mass is 16.2. The van der Waals surface area contributed by atoms with Crippen LogP contribution in [0.2, 0.25) is 0 Å². The molecule has 2 rings (SSSR count). The monoisotopic (exact) mass is 223 g/mol. The van der Waals surface area contributed by atoms with E-state index in [1.54, 1.807) is 0 Å². The Kier molecular flexibility index (Phi) is 3.61. The van der Waals surface area contributed by atoms with Crippen LogP contribution >= 0.6 is 0 Å². The molecule has 2 fully saturated rings. The molecule has 90 valence electrons. The van der Waals surface area contributed by atoms with Gasteiger partial charge in [-0.2, -0.15) is 0 Å². The quantitative estimate of drug-likeness (QED) is 0.685. The van der Waals surface area contributed by atoms with E-state index >= 15 is 0 Å². The molecule has 4 heteroatoms. The Hall–Kier alpha value is -0.870. The fourth-order valence-corrected chi connectivity index (χ4v) is 2.73. The zero-order valence-electron chi connectivity index (χ0n) is 9.77. The number of nitrogens with two attached hydrogens (primary N) is 1. The smallest absolute Gasteiger partial charge is 0.223 e. The summed E-state index contributed by atoms with van der Waals surface area (Å²) in [5.74, 6) is 0.668. The second-order valence-electron chi connectivity index (χ2n) is 4.84. The van der Waals surface area contributed by atoms with Gasteiger partial charge < -0.3 is 10.6 Å². The zero-order valence-corrected chi connectivity index (χ0v) is 9.77. The largest absolute Gasteiger partial charge is 0.338 e. The van der Waals surface area contributed by atoms with E-state index in [0.717, 1.165) is 32.6 Å². The molecule has 0 saturated carbocycles. The highest BCUT2D eigenvalue weighted by molar-refractivity contribution is 5.79. The van der Waals surface area contributed by atoms with Crippen molar-refractivity contribution in [2.24, 2.45) is 11.7 Å². The molecule has 2 aliphatic rings. The van der Waals surface area contributed by atoms with Crippen LogP contribution in [-0.2, 0) is 4.79 Å². The molecule has 1 amide bonds. The van der Waals surface area contributed by atoms with Crippen LogP contribution in [0.5, 0.6) is 0 Å². The predicted octanol–water partition coefficient (Wildman–Crippen LogP) is 0.0539. The molecule has 0 aromatic heterocycles. The molecular formula is C12H21N3O. The van der Waals surface area contributed by atoms with Gasteiger partial charge in [-0.15, -0.1) is 6.58 Å². The van der Waals surface area contributed by atoms with Gasteiger partial charge in [0.25, 0.3) is 0 Å². The number of hydrogen-bond acceptors (Lipinski definition) is 3. The highest BCUT2D eigenvalue weighted by Crippen LogP contribution is 2.24. The molecule has 0 aromatic carbocycles. The summed E-state index contributed by atoms with van der Waals surface area (Å²) in [6.45, 7) is 8.24. The van der Waals surface area contributed by atoms with Gasteiger partial charge in [-0.25, -0.2) is 0 Å². The van der Waals surface area contributed by atoms with Gasteiger partial charge in [0, 0.05) is 38.6 Å². The Morgan fingerprint density at radius 2 is 2.31 bits per heavy atom. The number of nitrogens with zero attached hydrogens (tertiary/aromatic N) is 2. The van der Waals surface area contributed by atoms with Gasteiger partial charge in [-0.05, 0) is 18.9 Å². The molecule has 0 radical (unpaired) electrons. The molecule has 2 heterocycles. The van der Waals surface area contributed by atoms with E-state index in [1.807, 2.05) is 11.0 Å². The Morgan fingerprint density at radius 3 is 2.94 bits per heavy atom. The maximum atomic E-state index is 11.8.